The van der Waals surface area contributed by atoms with Crippen LogP contribution in [0.25, 0.3) is 0 Å². The molecular weight excluding hydrogens is 244 g/mol. The van der Waals surface area contributed by atoms with Gasteiger partial charge in [-0.25, -0.2) is 0 Å². The molecule has 1 N–H and O–H groups in total. The number of guanidine groups is 1. The fourth-order valence-corrected chi connectivity index (χ4v) is 2.28. The second-order valence-corrected chi connectivity index (χ2v) is 4.65. The summed E-state index contributed by atoms with van der Waals surface area (Å²) in [4.78, 5) is 6.58. The van der Waals surface area contributed by atoms with E-state index < -0.39 is 0 Å². The monoisotopic (exact) mass is 266 g/mol. The van der Waals surface area contributed by atoms with Crippen LogP contribution in [0.3, 0.4) is 0 Å². The molecular formula is C13H22N4O2. The summed E-state index contributed by atoms with van der Waals surface area (Å²) < 4.78 is 10.3. The van der Waals surface area contributed by atoms with Gasteiger partial charge in [0.05, 0.1) is 13.2 Å². The largest absolute Gasteiger partial charge is 0.381 e. The minimum absolute atomic E-state index is 0.602. The van der Waals surface area contributed by atoms with Crippen molar-refractivity contribution in [3.8, 4) is 0 Å². The van der Waals surface area contributed by atoms with E-state index in [2.05, 4.69) is 20.4 Å². The van der Waals surface area contributed by atoms with Gasteiger partial charge in [-0.15, -0.1) is 0 Å². The average molecular weight is 266 g/mol. The number of ether oxygens (including phenoxy) is 1. The van der Waals surface area contributed by atoms with Crippen LogP contribution in [0.4, 0.5) is 0 Å². The highest BCUT2D eigenvalue weighted by atomic mass is 16.5. The van der Waals surface area contributed by atoms with E-state index in [-0.39, 0.29) is 0 Å². The minimum atomic E-state index is 0.602. The first-order valence-corrected chi connectivity index (χ1v) is 6.76. The van der Waals surface area contributed by atoms with Gasteiger partial charge in [0.1, 0.15) is 12.0 Å². The van der Waals surface area contributed by atoms with Crippen molar-refractivity contribution in [1.82, 2.24) is 15.4 Å². The molecule has 2 heterocycles. The highest BCUT2D eigenvalue weighted by molar-refractivity contribution is 5.80. The number of aromatic nitrogens is 1. The normalized spacial score (nSPS) is 20.0. The molecule has 106 valence electrons. The zero-order valence-corrected chi connectivity index (χ0v) is 11.6. The molecule has 0 aromatic carbocycles. The van der Waals surface area contributed by atoms with Crippen molar-refractivity contribution < 1.29 is 9.26 Å². The summed E-state index contributed by atoms with van der Waals surface area (Å²) >= 11 is 0. The number of likely N-dealkylation sites (tertiary alicyclic amines) is 1. The van der Waals surface area contributed by atoms with E-state index in [9.17, 15) is 0 Å². The Balaban J connectivity index is 1.79. The van der Waals surface area contributed by atoms with Crippen molar-refractivity contribution in [2.45, 2.75) is 19.9 Å². The third kappa shape index (κ3) is 3.96. The van der Waals surface area contributed by atoms with Crippen LogP contribution in [-0.4, -0.2) is 49.4 Å². The van der Waals surface area contributed by atoms with Crippen molar-refractivity contribution in [1.29, 1.82) is 0 Å². The van der Waals surface area contributed by atoms with E-state index in [1.807, 2.05) is 13.0 Å². The number of hydrogen-bond acceptors (Lipinski definition) is 4. The van der Waals surface area contributed by atoms with Crippen molar-refractivity contribution in [3.05, 3.63) is 18.0 Å². The summed E-state index contributed by atoms with van der Waals surface area (Å²) in [7, 11) is 1.81. The zero-order chi connectivity index (χ0) is 13.5. The first-order chi connectivity index (χ1) is 9.33. The van der Waals surface area contributed by atoms with E-state index in [1.54, 1.807) is 13.3 Å². The molecule has 1 atom stereocenters. The second-order valence-electron chi connectivity index (χ2n) is 4.65. The summed E-state index contributed by atoms with van der Waals surface area (Å²) in [5.74, 6) is 1.52. The van der Waals surface area contributed by atoms with Gasteiger partial charge in [0.25, 0.3) is 0 Å². The Bertz CT molecular complexity index is 391. The van der Waals surface area contributed by atoms with Gasteiger partial charge in [-0.1, -0.05) is 5.16 Å². The summed E-state index contributed by atoms with van der Waals surface area (Å²) in [5.41, 5.74) is 0.881. The molecule has 1 aliphatic rings. The Morgan fingerprint density at radius 2 is 2.58 bits per heavy atom. The van der Waals surface area contributed by atoms with E-state index >= 15 is 0 Å². The molecule has 0 bridgehead atoms. The molecule has 1 saturated heterocycles. The summed E-state index contributed by atoms with van der Waals surface area (Å²) in [5, 5.41) is 7.18. The highest BCUT2D eigenvalue weighted by Crippen LogP contribution is 2.16. The summed E-state index contributed by atoms with van der Waals surface area (Å²) in [6, 6.07) is 1.85. The molecule has 0 amide bonds. The van der Waals surface area contributed by atoms with Gasteiger partial charge in [-0.05, 0) is 13.3 Å². The maximum absolute atomic E-state index is 5.49. The highest BCUT2D eigenvalue weighted by Gasteiger charge is 2.24. The number of hydrogen-bond donors (Lipinski definition) is 1. The lowest BCUT2D eigenvalue weighted by Gasteiger charge is -2.21. The van der Waals surface area contributed by atoms with Gasteiger partial charge < -0.3 is 19.5 Å². The maximum atomic E-state index is 5.49. The van der Waals surface area contributed by atoms with Crippen LogP contribution < -0.4 is 5.32 Å². The first-order valence-electron chi connectivity index (χ1n) is 6.76. The lowest BCUT2D eigenvalue weighted by atomic mass is 10.1. The van der Waals surface area contributed by atoms with Gasteiger partial charge >= 0.3 is 0 Å². The van der Waals surface area contributed by atoms with Crippen LogP contribution in [-0.2, 0) is 11.3 Å². The SMILES string of the molecule is CCOCC1CCN(C(=NC)NCc2ccon2)C1. The summed E-state index contributed by atoms with van der Waals surface area (Å²) in [6.45, 7) is 6.32. The Morgan fingerprint density at radius 1 is 1.68 bits per heavy atom. The van der Waals surface area contributed by atoms with E-state index in [4.69, 9.17) is 9.26 Å². The van der Waals surface area contributed by atoms with Crippen LogP contribution in [0.1, 0.15) is 19.0 Å². The van der Waals surface area contributed by atoms with Crippen molar-refractivity contribution in [2.75, 3.05) is 33.4 Å². The lowest BCUT2D eigenvalue weighted by molar-refractivity contribution is 0.114. The molecule has 1 fully saturated rings. The van der Waals surface area contributed by atoms with Crippen LogP contribution in [0.2, 0.25) is 0 Å². The zero-order valence-electron chi connectivity index (χ0n) is 11.6. The predicted molar refractivity (Wildman–Crippen MR) is 72.9 cm³/mol. The van der Waals surface area contributed by atoms with Crippen LogP contribution in [0.15, 0.2) is 21.8 Å². The van der Waals surface area contributed by atoms with Crippen LogP contribution >= 0.6 is 0 Å². The maximum Gasteiger partial charge on any atom is 0.193 e. The number of rotatable bonds is 5. The Morgan fingerprint density at radius 3 is 3.26 bits per heavy atom. The molecule has 1 unspecified atom stereocenters. The fraction of sp³-hybridized carbons (Fsp3) is 0.692. The summed E-state index contributed by atoms with van der Waals surface area (Å²) in [6.07, 6.45) is 2.73. The van der Waals surface area contributed by atoms with Gasteiger partial charge in [0.2, 0.25) is 0 Å². The Labute approximate surface area is 113 Å². The molecule has 1 aromatic heterocycles. The van der Waals surface area contributed by atoms with Gasteiger partial charge in [-0.2, -0.15) is 0 Å². The molecule has 0 spiro atoms. The van der Waals surface area contributed by atoms with E-state index in [0.717, 1.165) is 44.4 Å². The molecule has 6 heteroatoms. The third-order valence-electron chi connectivity index (χ3n) is 3.27. The third-order valence-corrected chi connectivity index (χ3v) is 3.27. The number of nitrogens with one attached hydrogen (secondary N) is 1. The van der Waals surface area contributed by atoms with E-state index in [0.29, 0.717) is 12.5 Å². The molecule has 0 radical (unpaired) electrons. The molecule has 1 aliphatic heterocycles. The quantitative estimate of drug-likeness (QED) is 0.639. The minimum Gasteiger partial charge on any atom is -0.381 e. The van der Waals surface area contributed by atoms with Crippen molar-refractivity contribution >= 4 is 5.96 Å². The molecule has 0 aliphatic carbocycles. The second kappa shape index (κ2) is 7.13. The van der Waals surface area contributed by atoms with Gasteiger partial charge in [0.15, 0.2) is 5.96 Å². The molecule has 19 heavy (non-hydrogen) atoms. The standard InChI is InChI=1S/C13H22N4O2/c1-3-18-10-11-4-6-17(9-11)13(14-2)15-8-12-5-7-19-16-12/h5,7,11H,3-4,6,8-10H2,1-2H3,(H,14,15). The molecule has 6 nitrogen and oxygen atoms in total. The first kappa shape index (κ1) is 13.9. The number of aliphatic imine (C=N–C) groups is 1. The van der Waals surface area contributed by atoms with Crippen LogP contribution in [0.5, 0.6) is 0 Å². The van der Waals surface area contributed by atoms with Crippen molar-refractivity contribution in [2.24, 2.45) is 10.9 Å². The van der Waals surface area contributed by atoms with Crippen molar-refractivity contribution in [3.63, 3.8) is 0 Å². The average Bonchev–Trinajstić information content (AvgIpc) is 3.08. The molecule has 1 aromatic rings. The smallest absolute Gasteiger partial charge is 0.193 e. The molecule has 2 rings (SSSR count). The molecule has 0 saturated carbocycles. The predicted octanol–water partition coefficient (Wildman–Crippen LogP) is 1.11. The number of nitrogens with zero attached hydrogens (tertiary/aromatic N) is 3. The Kier molecular flexibility index (Phi) is 5.20. The van der Waals surface area contributed by atoms with Gasteiger partial charge in [0, 0.05) is 38.7 Å². The lowest BCUT2D eigenvalue weighted by Crippen LogP contribution is -2.39. The fourth-order valence-electron chi connectivity index (χ4n) is 2.28. The Hall–Kier alpha value is -1.56. The van der Waals surface area contributed by atoms with Gasteiger partial charge in [-0.3, -0.25) is 4.99 Å². The topological polar surface area (TPSA) is 62.9 Å². The van der Waals surface area contributed by atoms with E-state index in [1.165, 1.54) is 0 Å². The van der Waals surface area contributed by atoms with Crippen LogP contribution in [0, 0.1) is 5.92 Å².